The Morgan fingerprint density at radius 2 is 1.51 bits per heavy atom. The monoisotopic (exact) mass is 669 g/mol. The molecule has 2 atom stereocenters. The van der Waals surface area contributed by atoms with Crippen LogP contribution in [0.2, 0.25) is 0 Å². The normalized spacial score (nSPS) is 16.8. The lowest BCUT2D eigenvalue weighted by Crippen LogP contribution is -2.35. The van der Waals surface area contributed by atoms with E-state index in [-0.39, 0.29) is 31.4 Å². The summed E-state index contributed by atoms with van der Waals surface area (Å²) in [6, 6.07) is 1.35. The van der Waals surface area contributed by atoms with Gasteiger partial charge in [-0.1, -0.05) is 79.8 Å². The summed E-state index contributed by atoms with van der Waals surface area (Å²) in [5.74, 6) is 0.244. The van der Waals surface area contributed by atoms with Crippen molar-refractivity contribution in [3.05, 3.63) is 95.7 Å². The van der Waals surface area contributed by atoms with Crippen molar-refractivity contribution < 1.29 is 29.0 Å². The summed E-state index contributed by atoms with van der Waals surface area (Å²) >= 11 is 1.37. The molecule has 1 aromatic heterocycles. The van der Waals surface area contributed by atoms with Crippen molar-refractivity contribution in [1.29, 1.82) is 0 Å². The van der Waals surface area contributed by atoms with Gasteiger partial charge in [-0.15, -0.1) is 11.8 Å². The van der Waals surface area contributed by atoms with E-state index in [1.807, 2.05) is 17.5 Å². The van der Waals surface area contributed by atoms with Crippen molar-refractivity contribution >= 4 is 35.7 Å². The second-order valence-electron chi connectivity index (χ2n) is 10.1. The minimum atomic E-state index is -1.32. The number of aromatic nitrogens is 2. The molecule has 0 radical (unpaired) electrons. The van der Waals surface area contributed by atoms with Crippen molar-refractivity contribution in [1.82, 2.24) is 20.2 Å². The van der Waals surface area contributed by atoms with Crippen molar-refractivity contribution in [3.8, 4) is 0 Å². The van der Waals surface area contributed by atoms with E-state index in [0.29, 0.717) is 18.6 Å². The zero-order valence-corrected chi connectivity index (χ0v) is 27.7. The van der Waals surface area contributed by atoms with Gasteiger partial charge in [-0.05, 0) is 51.0 Å². The van der Waals surface area contributed by atoms with E-state index in [0.717, 1.165) is 38.5 Å². The number of carbonyl (C=O) groups excluding carboxylic acids is 2. The Balaban J connectivity index is 1.45. The minimum Gasteiger partial charge on any atom is -0.465 e. The van der Waals surface area contributed by atoms with Crippen molar-refractivity contribution in [2.45, 2.75) is 70.0 Å². The number of rotatable bonds is 21. The molecule has 4 N–H and O–H groups in total. The van der Waals surface area contributed by atoms with Crippen LogP contribution in [0.25, 0.3) is 0 Å². The lowest BCUT2D eigenvalue weighted by molar-refractivity contribution is -0.120. The van der Waals surface area contributed by atoms with Gasteiger partial charge in [-0.3, -0.25) is 14.7 Å². The quantitative estimate of drug-likeness (QED) is 0.0877. The second-order valence-corrected chi connectivity index (χ2v) is 11.3. The predicted octanol–water partition coefficient (Wildman–Crippen LogP) is 6.24. The number of nitrogens with zero attached hydrogens (tertiary/aromatic N) is 2. The summed E-state index contributed by atoms with van der Waals surface area (Å²) < 4.78 is 12.2. The van der Waals surface area contributed by atoms with Crippen molar-refractivity contribution in [2.75, 3.05) is 30.8 Å². The number of carboxylic acid groups (broad SMARTS) is 1. The van der Waals surface area contributed by atoms with Crippen molar-refractivity contribution in [3.63, 3.8) is 0 Å². The minimum absolute atomic E-state index is 0.0356. The highest BCUT2D eigenvalue weighted by atomic mass is 32.2. The lowest BCUT2D eigenvalue weighted by atomic mass is 10.2. The molecule has 1 fully saturated rings. The molecule has 2 rings (SSSR count). The lowest BCUT2D eigenvalue weighted by Gasteiger charge is -2.15. The fourth-order valence-electron chi connectivity index (χ4n) is 3.99. The van der Waals surface area contributed by atoms with Crippen LogP contribution in [0.5, 0.6) is 0 Å². The van der Waals surface area contributed by atoms with Gasteiger partial charge < -0.3 is 25.2 Å². The topological polar surface area (TPSA) is 161 Å². The number of anilines is 1. The van der Waals surface area contributed by atoms with Crippen LogP contribution in [0, 0.1) is 0 Å². The van der Waals surface area contributed by atoms with Crippen LogP contribution in [0.1, 0.15) is 64.5 Å². The van der Waals surface area contributed by atoms with E-state index in [1.165, 1.54) is 28.6 Å². The molecule has 0 aromatic carbocycles. The maximum Gasteiger partial charge on any atom is 0.410 e. The predicted molar refractivity (Wildman–Crippen MR) is 186 cm³/mol. The first-order valence-corrected chi connectivity index (χ1v) is 16.9. The molecule has 13 heteroatoms. The zero-order chi connectivity index (χ0) is 34.0. The molecule has 2 heterocycles. The highest BCUT2D eigenvalue weighted by Gasteiger charge is 2.29. The molecule has 1 aliphatic rings. The van der Waals surface area contributed by atoms with Crippen LogP contribution in [-0.4, -0.2) is 63.6 Å². The largest absolute Gasteiger partial charge is 0.465 e. The number of amides is 3. The molecular weight excluding hydrogens is 622 g/mol. The summed E-state index contributed by atoms with van der Waals surface area (Å²) in [6.45, 7) is 2.59. The van der Waals surface area contributed by atoms with Gasteiger partial charge in [0.15, 0.2) is 0 Å². The Bertz CT molecular complexity index is 1340. The van der Waals surface area contributed by atoms with E-state index in [1.54, 1.807) is 0 Å². The molecule has 0 spiro atoms. The molecule has 1 aliphatic heterocycles. The molecule has 256 valence electrons. The Morgan fingerprint density at radius 3 is 2.09 bits per heavy atom. The Labute approximate surface area is 280 Å². The maximum atomic E-state index is 12.2. The highest BCUT2D eigenvalue weighted by Crippen LogP contribution is 2.31. The van der Waals surface area contributed by atoms with Gasteiger partial charge in [0.1, 0.15) is 24.1 Å². The molecule has 12 nitrogen and oxygen atoms in total. The van der Waals surface area contributed by atoms with Crippen LogP contribution >= 0.6 is 11.8 Å². The van der Waals surface area contributed by atoms with Crippen molar-refractivity contribution in [2.24, 2.45) is 0 Å². The SMILES string of the molecule is CC/C=C\C/C=C\C/C=C\C/C=C\C/C=C\C/C=C\CCC(=O)NCCNC(=O)OC[C@@H]1O[C@H](n2ccc(NC(=O)O)nc2=O)CS1. The number of carbonyl (C=O) groups is 3. The standard InChI is InChI=1S/C34H47N5O7S/c1-2-3-4-5-6-7-8-9-10-11-12-13-14-15-16-17-18-19-20-21-29(40)35-23-24-36-34(44)45-26-31-46-30(27-47-31)39-25-22-28(37-32(39)41)38-33(42)43/h3-4,6-7,9-10,12-13,15-16,18-19,22,25,30-31H,2,5,8,11,14,17,20-21,23-24,26-27H2,1H3,(H,35,40)(H,36,44)(H,42,43)(H,37,38,41)/b4-3-,7-6-,10-9-,13-12-,16-15-,19-18-/t30-,31+/m0/s1. The third-order valence-corrected chi connectivity index (χ3v) is 7.41. The Hall–Kier alpha value is -4.36. The molecule has 0 unspecified atom stereocenters. The number of allylic oxidation sites excluding steroid dienone is 12. The van der Waals surface area contributed by atoms with Crippen LogP contribution in [0.15, 0.2) is 90.0 Å². The molecule has 1 saturated heterocycles. The zero-order valence-electron chi connectivity index (χ0n) is 26.9. The van der Waals surface area contributed by atoms with Crippen LogP contribution in [0.4, 0.5) is 15.4 Å². The summed E-state index contributed by atoms with van der Waals surface area (Å²) in [4.78, 5) is 50.5. The first-order chi connectivity index (χ1) is 22.9. The number of hydrogen-bond donors (Lipinski definition) is 4. The van der Waals surface area contributed by atoms with E-state index >= 15 is 0 Å². The first-order valence-electron chi connectivity index (χ1n) is 15.8. The van der Waals surface area contributed by atoms with Gasteiger partial charge in [0.2, 0.25) is 5.91 Å². The number of nitrogens with one attached hydrogen (secondary N) is 3. The second kappa shape index (κ2) is 24.8. The number of alkyl carbamates (subject to hydrolysis) is 1. The maximum absolute atomic E-state index is 12.2. The van der Waals surface area contributed by atoms with Gasteiger partial charge in [0, 0.05) is 31.5 Å². The van der Waals surface area contributed by atoms with Crippen LogP contribution in [-0.2, 0) is 14.3 Å². The van der Waals surface area contributed by atoms with Gasteiger partial charge in [0.05, 0.1) is 0 Å². The van der Waals surface area contributed by atoms with E-state index in [9.17, 15) is 19.2 Å². The molecular formula is C34H47N5O7S. The van der Waals surface area contributed by atoms with Gasteiger partial charge in [-0.25, -0.2) is 14.4 Å². The van der Waals surface area contributed by atoms with E-state index in [4.69, 9.17) is 14.6 Å². The molecule has 1 aromatic rings. The summed E-state index contributed by atoms with van der Waals surface area (Å²) in [5, 5.41) is 16.1. The molecule has 3 amide bonds. The first kappa shape index (κ1) is 38.8. The molecule has 0 bridgehead atoms. The smallest absolute Gasteiger partial charge is 0.410 e. The number of hydrogen-bond acceptors (Lipinski definition) is 8. The Morgan fingerprint density at radius 1 is 0.936 bits per heavy atom. The van der Waals surface area contributed by atoms with Crippen LogP contribution in [0.3, 0.4) is 0 Å². The summed E-state index contributed by atoms with van der Waals surface area (Å²) in [5.41, 5.74) is -1.15. The summed E-state index contributed by atoms with van der Waals surface area (Å²) in [6.07, 6.45) is 31.2. The molecule has 47 heavy (non-hydrogen) atoms. The average Bonchev–Trinajstić information content (AvgIpc) is 3.51. The highest BCUT2D eigenvalue weighted by molar-refractivity contribution is 8.00. The van der Waals surface area contributed by atoms with Crippen LogP contribution < -0.4 is 21.6 Å². The Kier molecular flexibility index (Phi) is 20.5. The number of thioether (sulfide) groups is 1. The fourth-order valence-corrected chi connectivity index (χ4v) is 4.98. The third-order valence-electron chi connectivity index (χ3n) is 6.31. The van der Waals surface area contributed by atoms with Gasteiger partial charge in [0.25, 0.3) is 0 Å². The third kappa shape index (κ3) is 19.0. The average molecular weight is 670 g/mol. The van der Waals surface area contributed by atoms with Gasteiger partial charge in [-0.2, -0.15) is 4.98 Å². The molecule has 0 saturated carbocycles. The number of ether oxygens (including phenoxy) is 2. The summed E-state index contributed by atoms with van der Waals surface area (Å²) in [7, 11) is 0. The van der Waals surface area contributed by atoms with Gasteiger partial charge >= 0.3 is 17.9 Å². The molecule has 0 aliphatic carbocycles. The van der Waals surface area contributed by atoms with E-state index in [2.05, 4.69) is 83.3 Å². The van der Waals surface area contributed by atoms with E-state index < -0.39 is 29.5 Å². The fraction of sp³-hybridized carbons (Fsp3) is 0.441.